The maximum Gasteiger partial charge on any atom is 0.292 e. The number of amidine groups is 1. The van der Waals surface area contributed by atoms with E-state index in [0.29, 0.717) is 35.2 Å². The molecule has 6 nitrogen and oxygen atoms in total. The van der Waals surface area contributed by atoms with Gasteiger partial charge in [-0.1, -0.05) is 52.4 Å². The van der Waals surface area contributed by atoms with Gasteiger partial charge >= 0.3 is 0 Å². The van der Waals surface area contributed by atoms with Crippen molar-refractivity contribution in [1.82, 2.24) is 19.9 Å². The van der Waals surface area contributed by atoms with Crippen molar-refractivity contribution in [2.24, 2.45) is 4.99 Å². The third kappa shape index (κ3) is 4.28. The zero-order valence-electron chi connectivity index (χ0n) is 18.6. The normalized spacial score (nSPS) is 20.8. The molecule has 8 heteroatoms. The summed E-state index contributed by atoms with van der Waals surface area (Å²) in [6.45, 7) is 6.52. The van der Waals surface area contributed by atoms with E-state index in [-0.39, 0.29) is 18.6 Å². The van der Waals surface area contributed by atoms with Crippen LogP contribution in [0.15, 0.2) is 71.6 Å². The van der Waals surface area contributed by atoms with Crippen LogP contribution >= 0.6 is 11.3 Å². The van der Waals surface area contributed by atoms with Gasteiger partial charge in [-0.15, -0.1) is 11.3 Å². The number of aliphatic imine (C=N–C) groups is 1. The van der Waals surface area contributed by atoms with Crippen LogP contribution in [0.2, 0.25) is 0 Å². The van der Waals surface area contributed by atoms with Crippen molar-refractivity contribution in [3.05, 3.63) is 77.4 Å². The van der Waals surface area contributed by atoms with Crippen molar-refractivity contribution < 1.29 is 9.28 Å². The van der Waals surface area contributed by atoms with Crippen LogP contribution in [0.3, 0.4) is 0 Å². The highest BCUT2D eigenvalue weighted by Crippen LogP contribution is 2.34. The van der Waals surface area contributed by atoms with Crippen LogP contribution in [0.5, 0.6) is 0 Å². The number of piperidine rings is 1. The highest BCUT2D eigenvalue weighted by Gasteiger charge is 2.39. The Hall–Kier alpha value is -3.10. The second-order valence-electron chi connectivity index (χ2n) is 8.48. The summed E-state index contributed by atoms with van der Waals surface area (Å²) in [6.07, 6.45) is 8.50. The molecule has 1 radical (unpaired) electrons. The molecule has 1 aromatic carbocycles. The summed E-state index contributed by atoms with van der Waals surface area (Å²) in [4.78, 5) is 27.8. The van der Waals surface area contributed by atoms with E-state index in [1.165, 1.54) is 6.20 Å². The molecule has 1 saturated heterocycles. The maximum atomic E-state index is 13.9. The predicted molar refractivity (Wildman–Crippen MR) is 129 cm³/mol. The van der Waals surface area contributed by atoms with Crippen molar-refractivity contribution in [3.63, 3.8) is 0 Å². The molecule has 33 heavy (non-hydrogen) atoms. The van der Waals surface area contributed by atoms with E-state index >= 15 is 0 Å². The molecule has 0 bridgehead atoms. The molecule has 2 aromatic rings. The minimum Gasteiger partial charge on any atom is -0.334 e. The number of benzene rings is 1. The number of nitrogens with zero attached hydrogens (tertiary/aromatic N) is 5. The third-order valence-electron chi connectivity index (χ3n) is 6.18. The number of likely N-dealkylation sites (tertiary alicyclic amines) is 1. The fraction of sp³-hybridized carbons (Fsp3) is 0.320. The minimum absolute atomic E-state index is 0.0199. The number of carbonyl (C=O) groups excluding carboxylic acids is 1. The van der Waals surface area contributed by atoms with E-state index in [2.05, 4.69) is 11.6 Å². The molecule has 3 aliphatic heterocycles. The lowest BCUT2D eigenvalue weighted by atomic mass is 9.97. The number of hydrogen-bond donors (Lipinski definition) is 0. The Morgan fingerprint density at radius 2 is 2.15 bits per heavy atom. The number of thiazole rings is 1. The molecule has 1 amide bonds. The average molecular weight is 464 g/mol. The van der Waals surface area contributed by atoms with Crippen molar-refractivity contribution in [1.29, 1.82) is 0 Å². The van der Waals surface area contributed by atoms with Gasteiger partial charge in [0.2, 0.25) is 6.67 Å². The first-order valence-corrected chi connectivity index (χ1v) is 12.0. The van der Waals surface area contributed by atoms with Gasteiger partial charge < -0.3 is 4.90 Å². The fourth-order valence-electron chi connectivity index (χ4n) is 4.66. The standard InChI is InChI=1S/C25H26FN5OS/c1-3-18-14-30(26)16-29-15-20(28-24(18)29)13-21-11-7-8-12-31(21)25(32)22-23(33-17(2)27-22)19-9-5-4-6-10-19/h3-6,9-10,14-15,21H,1,7-8,11-13,16H2,2H3/q+1/t21-/m0/s1. The quantitative estimate of drug-likeness (QED) is 0.457. The predicted octanol–water partition coefficient (Wildman–Crippen LogP) is 5.12. The van der Waals surface area contributed by atoms with E-state index in [9.17, 15) is 9.28 Å². The Balaban J connectivity index is 1.39. The van der Waals surface area contributed by atoms with Crippen LogP contribution in [-0.2, 0) is 0 Å². The summed E-state index contributed by atoms with van der Waals surface area (Å²) in [6, 6.07) is 10.0. The van der Waals surface area contributed by atoms with Gasteiger partial charge in [0, 0.05) is 19.0 Å². The van der Waals surface area contributed by atoms with E-state index in [4.69, 9.17) is 4.99 Å². The molecule has 0 saturated carbocycles. The van der Waals surface area contributed by atoms with E-state index in [0.717, 1.165) is 40.4 Å². The Bertz CT molecular complexity index is 1170. The number of carbonyl (C=O) groups is 1. The fourth-order valence-corrected chi connectivity index (χ4v) is 5.58. The summed E-state index contributed by atoms with van der Waals surface area (Å²) >= 11 is 1.56. The van der Waals surface area contributed by atoms with Gasteiger partial charge in [0.1, 0.15) is 11.4 Å². The first-order valence-electron chi connectivity index (χ1n) is 11.2. The molecule has 5 rings (SSSR count). The maximum absolute atomic E-state index is 13.9. The van der Waals surface area contributed by atoms with E-state index < -0.39 is 0 Å². The molecule has 1 atom stereocenters. The Morgan fingerprint density at radius 3 is 2.94 bits per heavy atom. The van der Waals surface area contributed by atoms with Crippen LogP contribution in [0.4, 0.5) is 4.48 Å². The zero-order chi connectivity index (χ0) is 22.9. The van der Waals surface area contributed by atoms with Crippen molar-refractivity contribution in [2.75, 3.05) is 13.2 Å². The number of halogens is 1. The molecule has 1 aromatic heterocycles. The number of aromatic nitrogens is 1. The first kappa shape index (κ1) is 21.7. The summed E-state index contributed by atoms with van der Waals surface area (Å²) in [5.41, 5.74) is 3.05. The van der Waals surface area contributed by atoms with Crippen LogP contribution in [0.25, 0.3) is 10.4 Å². The zero-order valence-corrected chi connectivity index (χ0v) is 19.4. The summed E-state index contributed by atoms with van der Waals surface area (Å²) in [7, 11) is 0. The topological polar surface area (TPSA) is 54.7 Å². The van der Waals surface area contributed by atoms with Crippen molar-refractivity contribution in [3.8, 4) is 10.4 Å². The second kappa shape index (κ2) is 9.03. The lowest BCUT2D eigenvalue weighted by Gasteiger charge is -2.35. The summed E-state index contributed by atoms with van der Waals surface area (Å²) in [5.74, 6) is 0.692. The number of amides is 1. The van der Waals surface area contributed by atoms with E-state index in [1.54, 1.807) is 22.3 Å². The Kier molecular flexibility index (Phi) is 5.95. The van der Waals surface area contributed by atoms with Crippen LogP contribution in [0, 0.1) is 6.92 Å². The lowest BCUT2D eigenvalue weighted by molar-refractivity contribution is 0.0608. The largest absolute Gasteiger partial charge is 0.334 e. The number of hydrogen-bond acceptors (Lipinski definition) is 6. The molecule has 4 heterocycles. The Labute approximate surface area is 197 Å². The van der Waals surface area contributed by atoms with Crippen LogP contribution in [-0.4, -0.2) is 46.0 Å². The van der Waals surface area contributed by atoms with Crippen LogP contribution in [0.1, 0.15) is 41.2 Å². The van der Waals surface area contributed by atoms with Crippen molar-refractivity contribution in [2.45, 2.75) is 38.6 Å². The van der Waals surface area contributed by atoms with Gasteiger partial charge in [0.05, 0.1) is 21.7 Å². The number of rotatable bonds is 5. The van der Waals surface area contributed by atoms with Gasteiger partial charge in [-0.2, -0.15) is 10.1 Å². The minimum atomic E-state index is -0.0199. The average Bonchev–Trinajstić information content (AvgIpc) is 3.42. The van der Waals surface area contributed by atoms with E-state index in [1.807, 2.05) is 48.4 Å². The number of aryl methyl sites for hydroxylation is 1. The van der Waals surface area contributed by atoms with Gasteiger partial charge in [-0.25, -0.2) is 4.98 Å². The molecule has 3 aliphatic rings. The number of fused-ring (bicyclic) bond motifs is 1. The highest BCUT2D eigenvalue weighted by atomic mass is 32.1. The third-order valence-corrected chi connectivity index (χ3v) is 7.20. The van der Waals surface area contributed by atoms with Gasteiger partial charge in [-0.05, 0) is 31.7 Å². The molecule has 0 N–H and O–H groups in total. The molecule has 0 spiro atoms. The van der Waals surface area contributed by atoms with Crippen LogP contribution < -0.4 is 4.90 Å². The summed E-state index contributed by atoms with van der Waals surface area (Å²) in [5, 5.41) is 1.51. The molecule has 1 fully saturated rings. The molecule has 0 unspecified atom stereocenters. The monoisotopic (exact) mass is 463 g/mol. The highest BCUT2D eigenvalue weighted by molar-refractivity contribution is 7.15. The smallest absolute Gasteiger partial charge is 0.292 e. The molecular formula is C25H26FN5OS+. The van der Waals surface area contributed by atoms with Gasteiger partial charge in [0.25, 0.3) is 11.7 Å². The molecule has 169 valence electrons. The first-order chi connectivity index (χ1) is 16.0. The lowest BCUT2D eigenvalue weighted by Crippen LogP contribution is -2.44. The Morgan fingerprint density at radius 1 is 1.33 bits per heavy atom. The molecule has 0 aliphatic carbocycles. The summed E-state index contributed by atoms with van der Waals surface area (Å²) < 4.78 is 13.9. The van der Waals surface area contributed by atoms with Crippen molar-refractivity contribution >= 4 is 23.1 Å². The SMILES string of the molecule is C=CC1=CN(F)C[N+]2C=C(C[C@@H]3CCCCN3C(=O)c3nc(C)sc3-c3ccccc3)N=C12. The van der Waals surface area contributed by atoms with Gasteiger partial charge in [-0.3, -0.25) is 4.79 Å². The van der Waals surface area contributed by atoms with Gasteiger partial charge in [0.15, 0.2) is 6.20 Å². The second-order valence-corrected chi connectivity index (χ2v) is 9.69. The molecular weight excluding hydrogens is 437 g/mol.